The van der Waals surface area contributed by atoms with E-state index in [0.29, 0.717) is 22.2 Å². The number of phenols is 1. The molecule has 5 nitrogen and oxygen atoms in total. The topological polar surface area (TPSA) is 79.5 Å². The van der Waals surface area contributed by atoms with Gasteiger partial charge in [0.15, 0.2) is 0 Å². The van der Waals surface area contributed by atoms with E-state index in [1.165, 1.54) is 41.0 Å². The summed E-state index contributed by atoms with van der Waals surface area (Å²) in [6.45, 7) is 5.21. The lowest BCUT2D eigenvalue weighted by Gasteiger charge is -2.17. The molecule has 146 valence electrons. The molecule has 0 aliphatic heterocycles. The van der Waals surface area contributed by atoms with E-state index in [4.69, 9.17) is 11.6 Å². The van der Waals surface area contributed by atoms with Crippen molar-refractivity contribution in [1.82, 2.24) is 4.57 Å². The van der Waals surface area contributed by atoms with Crippen LogP contribution in [0.1, 0.15) is 41.4 Å². The van der Waals surface area contributed by atoms with Crippen LogP contribution in [0.25, 0.3) is 10.9 Å². The number of hydrogen-bond acceptors (Lipinski definition) is 3. The number of aromatic nitrogens is 1. The predicted octanol–water partition coefficient (Wildman–Crippen LogP) is 4.96. The van der Waals surface area contributed by atoms with Crippen molar-refractivity contribution in [2.75, 3.05) is 0 Å². The molecule has 1 aromatic heterocycles. The second-order valence-corrected chi connectivity index (χ2v) is 7.43. The van der Waals surface area contributed by atoms with Crippen LogP contribution in [-0.2, 0) is 4.79 Å². The molecular weight excluding hydrogens is 385 g/mol. The Morgan fingerprint density at radius 2 is 1.75 bits per heavy atom. The summed E-state index contributed by atoms with van der Waals surface area (Å²) in [5.41, 5.74) is 1.51. The van der Waals surface area contributed by atoms with E-state index < -0.39 is 23.6 Å². The van der Waals surface area contributed by atoms with Crippen molar-refractivity contribution in [3.05, 3.63) is 64.1 Å². The fraction of sp³-hybridized carbons (Fsp3) is 0.238. The highest BCUT2D eigenvalue weighted by Crippen LogP contribution is 2.40. The zero-order valence-electron chi connectivity index (χ0n) is 15.5. The maximum Gasteiger partial charge on any atom is 0.311 e. The fourth-order valence-corrected chi connectivity index (χ4v) is 3.72. The monoisotopic (exact) mass is 403 g/mol. The van der Waals surface area contributed by atoms with Crippen molar-refractivity contribution in [3.63, 3.8) is 0 Å². The van der Waals surface area contributed by atoms with Crippen LogP contribution in [0, 0.1) is 18.7 Å². The van der Waals surface area contributed by atoms with Gasteiger partial charge < -0.3 is 10.2 Å². The molecule has 3 aromatic rings. The maximum absolute atomic E-state index is 13.2. The largest absolute Gasteiger partial charge is 0.506 e. The van der Waals surface area contributed by atoms with Gasteiger partial charge in [0.1, 0.15) is 11.6 Å². The second kappa shape index (κ2) is 7.28. The van der Waals surface area contributed by atoms with Gasteiger partial charge in [0.2, 0.25) is 0 Å². The van der Waals surface area contributed by atoms with Crippen LogP contribution in [0.4, 0.5) is 4.39 Å². The van der Waals surface area contributed by atoms with E-state index in [1.54, 1.807) is 20.8 Å². The highest BCUT2D eigenvalue weighted by atomic mass is 35.5. The van der Waals surface area contributed by atoms with E-state index in [1.807, 2.05) is 0 Å². The lowest BCUT2D eigenvalue weighted by molar-refractivity contribution is -0.139. The Kier molecular flexibility index (Phi) is 5.17. The molecule has 3 rings (SSSR count). The third-order valence-corrected chi connectivity index (χ3v) is 5.16. The van der Waals surface area contributed by atoms with Gasteiger partial charge in [-0.1, -0.05) is 25.4 Å². The molecule has 2 aromatic carbocycles. The normalized spacial score (nSPS) is 12.5. The van der Waals surface area contributed by atoms with Gasteiger partial charge in [0, 0.05) is 16.6 Å². The Morgan fingerprint density at radius 1 is 1.14 bits per heavy atom. The van der Waals surface area contributed by atoms with Crippen LogP contribution in [0.5, 0.6) is 5.75 Å². The van der Waals surface area contributed by atoms with Crippen LogP contribution >= 0.6 is 11.6 Å². The molecule has 7 heteroatoms. The summed E-state index contributed by atoms with van der Waals surface area (Å²) in [5, 5.41) is 20.3. The molecule has 0 aliphatic rings. The highest BCUT2D eigenvalue weighted by molar-refractivity contribution is 6.33. The first-order valence-electron chi connectivity index (χ1n) is 8.70. The molecule has 28 heavy (non-hydrogen) atoms. The Bertz CT molecular complexity index is 1090. The summed E-state index contributed by atoms with van der Waals surface area (Å²) < 4.78 is 14.6. The number of rotatable bonds is 4. The van der Waals surface area contributed by atoms with Crippen molar-refractivity contribution in [2.45, 2.75) is 26.7 Å². The third kappa shape index (κ3) is 3.24. The SMILES string of the molecule is Cc1c(C(C(=O)O)C(C)C)c2cc(O)c(Cl)cc2n1C(=O)c1ccc(F)cc1. The van der Waals surface area contributed by atoms with Crippen LogP contribution in [0.3, 0.4) is 0 Å². The van der Waals surface area contributed by atoms with Gasteiger partial charge in [-0.05, 0) is 54.8 Å². The summed E-state index contributed by atoms with van der Waals surface area (Å²) in [6.07, 6.45) is 0. The molecule has 0 bridgehead atoms. The number of aliphatic carboxylic acids is 1. The molecule has 0 amide bonds. The average Bonchev–Trinajstić information content (AvgIpc) is 2.87. The molecule has 0 spiro atoms. The summed E-state index contributed by atoms with van der Waals surface area (Å²) in [4.78, 5) is 25.1. The maximum atomic E-state index is 13.2. The van der Waals surface area contributed by atoms with Gasteiger partial charge in [0.05, 0.1) is 16.5 Å². The van der Waals surface area contributed by atoms with Gasteiger partial charge in [-0.3, -0.25) is 14.2 Å². The molecule has 0 saturated carbocycles. The number of carbonyl (C=O) groups is 2. The van der Waals surface area contributed by atoms with E-state index in [-0.39, 0.29) is 22.3 Å². The number of benzene rings is 2. The van der Waals surface area contributed by atoms with Gasteiger partial charge in [-0.25, -0.2) is 4.39 Å². The quantitative estimate of drug-likeness (QED) is 0.645. The molecule has 1 atom stereocenters. The number of hydrogen-bond donors (Lipinski definition) is 2. The first-order chi connectivity index (χ1) is 13.1. The van der Waals surface area contributed by atoms with Gasteiger partial charge >= 0.3 is 5.97 Å². The van der Waals surface area contributed by atoms with Crippen LogP contribution < -0.4 is 0 Å². The van der Waals surface area contributed by atoms with Gasteiger partial charge in [-0.15, -0.1) is 0 Å². The van der Waals surface area contributed by atoms with E-state index in [0.717, 1.165) is 0 Å². The Labute approximate surface area is 166 Å². The average molecular weight is 404 g/mol. The molecule has 0 aliphatic carbocycles. The standard InChI is InChI=1S/C21H19ClFNO4/c1-10(2)18(21(27)28)19-11(3)24(16-9-15(22)17(25)8-14(16)19)20(26)12-4-6-13(23)7-5-12/h4-10,18,25H,1-3H3,(H,27,28). The van der Waals surface area contributed by atoms with Crippen LogP contribution in [0.2, 0.25) is 5.02 Å². The molecular formula is C21H19ClFNO4. The molecule has 0 radical (unpaired) electrons. The highest BCUT2D eigenvalue weighted by Gasteiger charge is 2.32. The lowest BCUT2D eigenvalue weighted by atomic mass is 9.86. The summed E-state index contributed by atoms with van der Waals surface area (Å²) in [7, 11) is 0. The van der Waals surface area contributed by atoms with Crippen LogP contribution in [-0.4, -0.2) is 26.7 Å². The fourth-order valence-electron chi connectivity index (χ4n) is 3.57. The van der Waals surface area contributed by atoms with Gasteiger partial charge in [-0.2, -0.15) is 0 Å². The number of nitrogens with zero attached hydrogens (tertiary/aromatic N) is 1. The summed E-state index contributed by atoms with van der Waals surface area (Å²) >= 11 is 6.06. The van der Waals surface area contributed by atoms with Crippen LogP contribution in [0.15, 0.2) is 36.4 Å². The Balaban J connectivity index is 2.36. The predicted molar refractivity (Wildman–Crippen MR) is 105 cm³/mol. The molecule has 1 heterocycles. The van der Waals surface area contributed by atoms with Crippen molar-refractivity contribution in [3.8, 4) is 5.75 Å². The smallest absolute Gasteiger partial charge is 0.311 e. The minimum absolute atomic E-state index is 0.0427. The zero-order valence-corrected chi connectivity index (χ0v) is 16.3. The minimum Gasteiger partial charge on any atom is -0.506 e. The third-order valence-electron chi connectivity index (χ3n) is 4.86. The summed E-state index contributed by atoms with van der Waals surface area (Å²) in [5.74, 6) is -3.27. The number of halogens is 2. The van der Waals surface area contributed by atoms with E-state index in [2.05, 4.69) is 0 Å². The number of fused-ring (bicyclic) bond motifs is 1. The van der Waals surface area contributed by atoms with E-state index in [9.17, 15) is 24.2 Å². The van der Waals surface area contributed by atoms with Crippen molar-refractivity contribution < 1.29 is 24.2 Å². The van der Waals surface area contributed by atoms with Gasteiger partial charge in [0.25, 0.3) is 5.91 Å². The molecule has 2 N–H and O–H groups in total. The summed E-state index contributed by atoms with van der Waals surface area (Å²) in [6, 6.07) is 7.91. The number of phenolic OH excluding ortho intramolecular Hbond substituents is 1. The van der Waals surface area contributed by atoms with Crippen molar-refractivity contribution >= 4 is 34.4 Å². The minimum atomic E-state index is -1.03. The number of carboxylic acid groups (broad SMARTS) is 1. The molecule has 0 saturated heterocycles. The number of carbonyl (C=O) groups excluding carboxylic acids is 1. The first kappa shape index (κ1) is 19.9. The lowest BCUT2D eigenvalue weighted by Crippen LogP contribution is -2.19. The number of carboxylic acids is 1. The second-order valence-electron chi connectivity index (χ2n) is 7.03. The van der Waals surface area contributed by atoms with E-state index >= 15 is 0 Å². The molecule has 1 unspecified atom stereocenters. The Morgan fingerprint density at radius 3 is 2.29 bits per heavy atom. The van der Waals surface area contributed by atoms with Crippen molar-refractivity contribution in [1.29, 1.82) is 0 Å². The first-order valence-corrected chi connectivity index (χ1v) is 9.07. The Hall–Kier alpha value is -2.86. The zero-order chi connectivity index (χ0) is 20.7. The number of aromatic hydroxyl groups is 1. The molecule has 0 fully saturated rings. The van der Waals surface area contributed by atoms with Crippen molar-refractivity contribution in [2.24, 2.45) is 5.92 Å².